The summed E-state index contributed by atoms with van der Waals surface area (Å²) in [7, 11) is 0. The van der Waals surface area contributed by atoms with E-state index in [1.54, 1.807) is 0 Å². The maximum atomic E-state index is 6.31. The Kier molecular flexibility index (Phi) is 3.45. The molecule has 2 aliphatic carbocycles. The molecule has 82 valence electrons. The van der Waals surface area contributed by atoms with E-state index in [1.165, 1.54) is 57.8 Å². The molecule has 0 aromatic heterocycles. The summed E-state index contributed by atoms with van der Waals surface area (Å²) in [5.41, 5.74) is 6.33. The fraction of sp³-hybridized carbons (Fsp3) is 1.00. The fourth-order valence-electron chi connectivity index (χ4n) is 2.74. The van der Waals surface area contributed by atoms with Crippen LogP contribution in [0.25, 0.3) is 0 Å². The van der Waals surface area contributed by atoms with Gasteiger partial charge >= 0.3 is 0 Å². The number of hydrogen-bond acceptors (Lipinski definition) is 2. The van der Waals surface area contributed by atoms with Crippen molar-refractivity contribution in [1.82, 2.24) is 0 Å². The third-order valence-electron chi connectivity index (χ3n) is 3.76. The molecule has 2 saturated carbocycles. The van der Waals surface area contributed by atoms with Crippen molar-refractivity contribution < 1.29 is 4.74 Å². The summed E-state index contributed by atoms with van der Waals surface area (Å²) in [4.78, 5) is 0. The minimum atomic E-state index is 0.0147. The Morgan fingerprint density at radius 2 is 1.64 bits per heavy atom. The molecule has 0 radical (unpaired) electrons. The van der Waals surface area contributed by atoms with Gasteiger partial charge in [-0.3, -0.25) is 0 Å². The second-order valence-corrected chi connectivity index (χ2v) is 5.14. The molecule has 0 bridgehead atoms. The Morgan fingerprint density at radius 3 is 2.29 bits per heavy atom. The van der Waals surface area contributed by atoms with E-state index in [0.29, 0.717) is 6.10 Å². The summed E-state index contributed by atoms with van der Waals surface area (Å²) in [6, 6.07) is 0. The highest BCUT2D eigenvalue weighted by atomic mass is 16.5. The Hall–Kier alpha value is -0.0800. The van der Waals surface area contributed by atoms with Crippen LogP contribution in [0, 0.1) is 0 Å². The molecule has 0 amide bonds. The van der Waals surface area contributed by atoms with Gasteiger partial charge in [-0.25, -0.2) is 0 Å². The van der Waals surface area contributed by atoms with E-state index in [1.807, 2.05) is 0 Å². The van der Waals surface area contributed by atoms with E-state index in [4.69, 9.17) is 10.5 Å². The topological polar surface area (TPSA) is 35.2 Å². The number of rotatable bonds is 3. The molecule has 0 unspecified atom stereocenters. The number of nitrogens with two attached hydrogens (primary N) is 1. The van der Waals surface area contributed by atoms with Crippen molar-refractivity contribution in [3.63, 3.8) is 0 Å². The van der Waals surface area contributed by atoms with Crippen LogP contribution in [0.15, 0.2) is 0 Å². The van der Waals surface area contributed by atoms with Crippen LogP contribution in [-0.2, 0) is 4.74 Å². The van der Waals surface area contributed by atoms with Crippen LogP contribution in [0.3, 0.4) is 0 Å². The monoisotopic (exact) mass is 197 g/mol. The number of hydrogen-bond donors (Lipinski definition) is 1. The van der Waals surface area contributed by atoms with E-state index in [2.05, 4.69) is 0 Å². The highest BCUT2D eigenvalue weighted by Gasteiger charge is 2.29. The van der Waals surface area contributed by atoms with Gasteiger partial charge in [0.05, 0.1) is 12.7 Å². The second kappa shape index (κ2) is 4.63. The van der Waals surface area contributed by atoms with Crippen LogP contribution in [-0.4, -0.2) is 18.2 Å². The Labute approximate surface area is 87.2 Å². The van der Waals surface area contributed by atoms with Gasteiger partial charge in [-0.05, 0) is 25.7 Å². The van der Waals surface area contributed by atoms with Gasteiger partial charge in [0.15, 0.2) is 0 Å². The van der Waals surface area contributed by atoms with Crippen LogP contribution in [0.4, 0.5) is 0 Å². The first-order valence-corrected chi connectivity index (χ1v) is 6.19. The van der Waals surface area contributed by atoms with Crippen LogP contribution in [0.2, 0.25) is 0 Å². The van der Waals surface area contributed by atoms with Crippen molar-refractivity contribution >= 4 is 0 Å². The first kappa shape index (κ1) is 10.4. The molecule has 0 heterocycles. The second-order valence-electron chi connectivity index (χ2n) is 5.14. The summed E-state index contributed by atoms with van der Waals surface area (Å²) >= 11 is 0. The average molecular weight is 197 g/mol. The molecular formula is C12H23NO. The molecule has 2 aliphatic rings. The summed E-state index contributed by atoms with van der Waals surface area (Å²) in [5.74, 6) is 0. The van der Waals surface area contributed by atoms with Gasteiger partial charge in [0, 0.05) is 5.54 Å². The van der Waals surface area contributed by atoms with Gasteiger partial charge in [0.2, 0.25) is 0 Å². The maximum absolute atomic E-state index is 6.31. The lowest BCUT2D eigenvalue weighted by molar-refractivity contribution is 0.0133. The summed E-state index contributed by atoms with van der Waals surface area (Å²) < 4.78 is 5.92. The predicted molar refractivity (Wildman–Crippen MR) is 58.2 cm³/mol. The normalized spacial score (nSPS) is 28.1. The standard InChI is InChI=1S/C12H23NO/c13-12(8-4-1-5-9-12)10-14-11-6-2-3-7-11/h11H,1-10,13H2. The molecule has 0 spiro atoms. The SMILES string of the molecule is NC1(COC2CCCC2)CCCCC1. The van der Waals surface area contributed by atoms with Crippen LogP contribution in [0.5, 0.6) is 0 Å². The van der Waals surface area contributed by atoms with E-state index in [0.717, 1.165) is 6.61 Å². The fourth-order valence-corrected chi connectivity index (χ4v) is 2.74. The molecule has 2 rings (SSSR count). The summed E-state index contributed by atoms with van der Waals surface area (Å²) in [6.07, 6.45) is 12.0. The molecular weight excluding hydrogens is 174 g/mol. The Bertz CT molecular complexity index is 169. The van der Waals surface area contributed by atoms with E-state index >= 15 is 0 Å². The van der Waals surface area contributed by atoms with Crippen molar-refractivity contribution in [3.8, 4) is 0 Å². The molecule has 2 heteroatoms. The highest BCUT2D eigenvalue weighted by molar-refractivity contribution is 4.87. The average Bonchev–Trinajstić information content (AvgIpc) is 2.69. The largest absolute Gasteiger partial charge is 0.376 e. The first-order valence-electron chi connectivity index (χ1n) is 6.19. The van der Waals surface area contributed by atoms with E-state index < -0.39 is 0 Å². The predicted octanol–water partition coefficient (Wildman–Crippen LogP) is 2.61. The molecule has 0 aliphatic heterocycles. The summed E-state index contributed by atoms with van der Waals surface area (Å²) in [5, 5.41) is 0. The van der Waals surface area contributed by atoms with Gasteiger partial charge in [0.1, 0.15) is 0 Å². The van der Waals surface area contributed by atoms with Crippen molar-refractivity contribution in [2.24, 2.45) is 5.73 Å². The highest BCUT2D eigenvalue weighted by Crippen LogP contribution is 2.28. The van der Waals surface area contributed by atoms with Crippen LogP contribution >= 0.6 is 0 Å². The van der Waals surface area contributed by atoms with Crippen molar-refractivity contribution in [2.75, 3.05) is 6.61 Å². The van der Waals surface area contributed by atoms with Crippen molar-refractivity contribution in [1.29, 1.82) is 0 Å². The van der Waals surface area contributed by atoms with E-state index in [-0.39, 0.29) is 5.54 Å². The lowest BCUT2D eigenvalue weighted by Crippen LogP contribution is -2.46. The van der Waals surface area contributed by atoms with E-state index in [9.17, 15) is 0 Å². The minimum absolute atomic E-state index is 0.0147. The van der Waals surface area contributed by atoms with Gasteiger partial charge in [0.25, 0.3) is 0 Å². The molecule has 0 aromatic carbocycles. The first-order chi connectivity index (χ1) is 6.79. The van der Waals surface area contributed by atoms with Gasteiger partial charge in [-0.15, -0.1) is 0 Å². The zero-order valence-corrected chi connectivity index (χ0v) is 9.13. The third-order valence-corrected chi connectivity index (χ3v) is 3.76. The minimum Gasteiger partial charge on any atom is -0.376 e. The Morgan fingerprint density at radius 1 is 1.00 bits per heavy atom. The quantitative estimate of drug-likeness (QED) is 0.754. The van der Waals surface area contributed by atoms with Crippen LogP contribution in [0.1, 0.15) is 57.8 Å². The molecule has 0 aromatic rings. The molecule has 0 atom stereocenters. The third kappa shape index (κ3) is 2.71. The zero-order chi connectivity index (χ0) is 9.86. The van der Waals surface area contributed by atoms with Gasteiger partial charge in [-0.1, -0.05) is 32.1 Å². The zero-order valence-electron chi connectivity index (χ0n) is 9.13. The van der Waals surface area contributed by atoms with Crippen molar-refractivity contribution in [3.05, 3.63) is 0 Å². The summed E-state index contributed by atoms with van der Waals surface area (Å²) in [6.45, 7) is 0.803. The lowest BCUT2D eigenvalue weighted by atomic mass is 9.83. The van der Waals surface area contributed by atoms with Gasteiger partial charge in [-0.2, -0.15) is 0 Å². The molecule has 2 fully saturated rings. The molecule has 2 nitrogen and oxygen atoms in total. The smallest absolute Gasteiger partial charge is 0.0649 e. The molecule has 14 heavy (non-hydrogen) atoms. The van der Waals surface area contributed by atoms with Crippen LogP contribution < -0.4 is 5.73 Å². The maximum Gasteiger partial charge on any atom is 0.0649 e. The molecule has 2 N–H and O–H groups in total. The number of ether oxygens (including phenoxy) is 1. The Balaban J connectivity index is 1.72. The molecule has 0 saturated heterocycles. The van der Waals surface area contributed by atoms with Crippen molar-refractivity contribution in [2.45, 2.75) is 69.4 Å². The lowest BCUT2D eigenvalue weighted by Gasteiger charge is -2.34. The van der Waals surface area contributed by atoms with Gasteiger partial charge < -0.3 is 10.5 Å².